The minimum absolute atomic E-state index is 0.00581. The highest BCUT2D eigenvalue weighted by atomic mass is 35.5. The normalized spacial score (nSPS) is 10.9. The molecule has 0 radical (unpaired) electrons. The molecule has 0 aliphatic rings. The maximum atomic E-state index is 13.5. The summed E-state index contributed by atoms with van der Waals surface area (Å²) in [5.74, 6) is 0.0119. The number of hydrogen-bond donors (Lipinski definition) is 3. The lowest BCUT2D eigenvalue weighted by Crippen LogP contribution is -2.30. The standard InChI is InChI=1S/C32H28ClN3O5S/c1-40-26-15-14-22(29(19-26)41-2)16-28(36-31(38)21-8-4-3-5-9-21)32(39)35-25-12-7-13-27(18-25)42-20-30(37)34-24-11-6-10-23(33)17-24/h3-19H,20H2,1-2H3,(H,34,37)(H,35,39)(H,36,38)/b28-16+. The Balaban J connectivity index is 1.50. The second-order valence-electron chi connectivity index (χ2n) is 8.82. The van der Waals surface area contributed by atoms with E-state index in [0.29, 0.717) is 39.0 Å². The molecule has 3 N–H and O–H groups in total. The summed E-state index contributed by atoms with van der Waals surface area (Å²) in [6, 6.07) is 27.7. The summed E-state index contributed by atoms with van der Waals surface area (Å²) in [7, 11) is 3.05. The van der Waals surface area contributed by atoms with Gasteiger partial charge in [0.15, 0.2) is 0 Å². The Morgan fingerprint density at radius 2 is 1.55 bits per heavy atom. The minimum atomic E-state index is -0.544. The first-order valence-corrected chi connectivity index (χ1v) is 14.1. The summed E-state index contributed by atoms with van der Waals surface area (Å²) in [6.45, 7) is 0. The van der Waals surface area contributed by atoms with Gasteiger partial charge >= 0.3 is 0 Å². The van der Waals surface area contributed by atoms with Crippen LogP contribution in [-0.2, 0) is 9.59 Å². The van der Waals surface area contributed by atoms with E-state index in [1.807, 2.05) is 6.07 Å². The summed E-state index contributed by atoms with van der Waals surface area (Å²) in [5.41, 5.74) is 2.06. The number of anilines is 2. The van der Waals surface area contributed by atoms with Crippen LogP contribution in [0.5, 0.6) is 11.5 Å². The molecule has 0 spiro atoms. The van der Waals surface area contributed by atoms with Gasteiger partial charge in [0.2, 0.25) is 5.91 Å². The molecule has 0 saturated heterocycles. The molecule has 0 saturated carbocycles. The molecule has 0 heterocycles. The van der Waals surface area contributed by atoms with Crippen LogP contribution < -0.4 is 25.4 Å². The maximum Gasteiger partial charge on any atom is 0.272 e. The number of amides is 3. The summed E-state index contributed by atoms with van der Waals surface area (Å²) in [5, 5.41) is 8.89. The highest BCUT2D eigenvalue weighted by Gasteiger charge is 2.17. The zero-order chi connectivity index (χ0) is 29.9. The predicted octanol–water partition coefficient (Wildman–Crippen LogP) is 6.50. The van der Waals surface area contributed by atoms with Crippen molar-refractivity contribution in [3.63, 3.8) is 0 Å². The molecule has 0 aromatic heterocycles. The smallest absolute Gasteiger partial charge is 0.272 e. The average molecular weight is 602 g/mol. The van der Waals surface area contributed by atoms with Gasteiger partial charge in [-0.15, -0.1) is 11.8 Å². The van der Waals surface area contributed by atoms with Crippen molar-refractivity contribution in [3.8, 4) is 11.5 Å². The third kappa shape index (κ3) is 8.63. The van der Waals surface area contributed by atoms with E-state index < -0.39 is 11.8 Å². The van der Waals surface area contributed by atoms with Gasteiger partial charge in [0.05, 0.1) is 20.0 Å². The highest BCUT2D eigenvalue weighted by Crippen LogP contribution is 2.27. The zero-order valence-corrected chi connectivity index (χ0v) is 24.4. The van der Waals surface area contributed by atoms with Gasteiger partial charge in [0.1, 0.15) is 17.2 Å². The SMILES string of the molecule is COc1ccc(/C=C(/NC(=O)c2ccccc2)C(=O)Nc2cccc(SCC(=O)Nc3cccc(Cl)c3)c2)c(OC)c1. The van der Waals surface area contributed by atoms with E-state index in [1.165, 1.54) is 24.9 Å². The predicted molar refractivity (Wildman–Crippen MR) is 167 cm³/mol. The number of nitrogens with one attached hydrogen (secondary N) is 3. The second-order valence-corrected chi connectivity index (χ2v) is 10.3. The van der Waals surface area contributed by atoms with Gasteiger partial charge in [0.25, 0.3) is 11.8 Å². The molecule has 0 atom stereocenters. The minimum Gasteiger partial charge on any atom is -0.497 e. The van der Waals surface area contributed by atoms with E-state index in [1.54, 1.807) is 98.1 Å². The summed E-state index contributed by atoms with van der Waals surface area (Å²) in [6.07, 6.45) is 1.53. The topological polar surface area (TPSA) is 106 Å². The molecule has 3 amide bonds. The third-order valence-electron chi connectivity index (χ3n) is 5.84. The fourth-order valence-electron chi connectivity index (χ4n) is 3.81. The van der Waals surface area contributed by atoms with Gasteiger partial charge in [-0.05, 0) is 66.7 Å². The van der Waals surface area contributed by atoms with Crippen molar-refractivity contribution < 1.29 is 23.9 Å². The largest absolute Gasteiger partial charge is 0.497 e. The molecular weight excluding hydrogens is 574 g/mol. The first-order chi connectivity index (χ1) is 20.3. The Hall–Kier alpha value is -4.73. The number of rotatable bonds is 11. The van der Waals surface area contributed by atoms with Crippen LogP contribution >= 0.6 is 23.4 Å². The third-order valence-corrected chi connectivity index (χ3v) is 7.07. The van der Waals surface area contributed by atoms with Crippen LogP contribution in [0.3, 0.4) is 0 Å². The van der Waals surface area contributed by atoms with E-state index in [-0.39, 0.29) is 17.4 Å². The van der Waals surface area contributed by atoms with E-state index >= 15 is 0 Å². The van der Waals surface area contributed by atoms with Crippen LogP contribution in [0.4, 0.5) is 11.4 Å². The van der Waals surface area contributed by atoms with Crippen LogP contribution in [0.1, 0.15) is 15.9 Å². The molecule has 8 nitrogen and oxygen atoms in total. The van der Waals surface area contributed by atoms with E-state index in [0.717, 1.165) is 4.90 Å². The molecule has 10 heteroatoms. The number of halogens is 1. The number of carbonyl (C=O) groups excluding carboxylic acids is 3. The number of thioether (sulfide) groups is 1. The van der Waals surface area contributed by atoms with E-state index in [4.69, 9.17) is 21.1 Å². The van der Waals surface area contributed by atoms with Gasteiger partial charge in [-0.2, -0.15) is 0 Å². The quantitative estimate of drug-likeness (QED) is 0.134. The molecule has 42 heavy (non-hydrogen) atoms. The van der Waals surface area contributed by atoms with Crippen molar-refractivity contribution in [1.29, 1.82) is 0 Å². The van der Waals surface area contributed by atoms with Gasteiger partial charge in [-0.25, -0.2) is 0 Å². The average Bonchev–Trinajstić information content (AvgIpc) is 3.00. The van der Waals surface area contributed by atoms with Crippen LogP contribution in [0.15, 0.2) is 108 Å². The lowest BCUT2D eigenvalue weighted by molar-refractivity contribution is -0.114. The molecule has 0 fully saturated rings. The Morgan fingerprint density at radius 1 is 0.810 bits per heavy atom. The Labute approximate surface area is 253 Å². The Bertz CT molecular complexity index is 1610. The lowest BCUT2D eigenvalue weighted by atomic mass is 10.1. The molecule has 4 aromatic rings. The molecule has 4 rings (SSSR count). The molecule has 0 unspecified atom stereocenters. The van der Waals surface area contributed by atoms with Crippen LogP contribution in [0.2, 0.25) is 5.02 Å². The molecule has 0 bridgehead atoms. The number of ether oxygens (including phenoxy) is 2. The number of carbonyl (C=O) groups is 3. The monoisotopic (exact) mass is 601 g/mol. The molecule has 214 valence electrons. The van der Waals surface area contributed by atoms with Crippen LogP contribution in [0.25, 0.3) is 6.08 Å². The fourth-order valence-corrected chi connectivity index (χ4v) is 4.76. The highest BCUT2D eigenvalue weighted by molar-refractivity contribution is 8.00. The van der Waals surface area contributed by atoms with Crippen molar-refractivity contribution in [2.75, 3.05) is 30.6 Å². The van der Waals surface area contributed by atoms with E-state index in [9.17, 15) is 14.4 Å². The number of hydrogen-bond acceptors (Lipinski definition) is 6. The first-order valence-electron chi connectivity index (χ1n) is 12.7. The van der Waals surface area contributed by atoms with Crippen molar-refractivity contribution in [3.05, 3.63) is 119 Å². The summed E-state index contributed by atoms with van der Waals surface area (Å²) in [4.78, 5) is 39.6. The summed E-state index contributed by atoms with van der Waals surface area (Å²) < 4.78 is 10.7. The van der Waals surface area contributed by atoms with Crippen molar-refractivity contribution >= 4 is 58.5 Å². The number of methoxy groups -OCH3 is 2. The maximum absolute atomic E-state index is 13.5. The Kier molecular flexibility index (Phi) is 10.6. The van der Waals surface area contributed by atoms with Crippen molar-refractivity contribution in [2.45, 2.75) is 4.90 Å². The fraction of sp³-hybridized carbons (Fsp3) is 0.0938. The second kappa shape index (κ2) is 14.8. The molecular formula is C32H28ClN3O5S. The molecule has 0 aliphatic heterocycles. The van der Waals surface area contributed by atoms with Gasteiger partial charge in [0, 0.05) is 38.5 Å². The van der Waals surface area contributed by atoms with Crippen molar-refractivity contribution in [1.82, 2.24) is 5.32 Å². The molecule has 4 aromatic carbocycles. The van der Waals surface area contributed by atoms with Crippen molar-refractivity contribution in [2.24, 2.45) is 0 Å². The zero-order valence-electron chi connectivity index (χ0n) is 22.8. The van der Waals surface area contributed by atoms with Crippen LogP contribution in [0, 0.1) is 0 Å². The van der Waals surface area contributed by atoms with Gasteiger partial charge in [-0.3, -0.25) is 14.4 Å². The summed E-state index contributed by atoms with van der Waals surface area (Å²) >= 11 is 7.30. The Morgan fingerprint density at radius 3 is 2.26 bits per heavy atom. The van der Waals surface area contributed by atoms with Gasteiger partial charge < -0.3 is 25.4 Å². The van der Waals surface area contributed by atoms with E-state index in [2.05, 4.69) is 16.0 Å². The van der Waals surface area contributed by atoms with Gasteiger partial charge in [-0.1, -0.05) is 41.9 Å². The lowest BCUT2D eigenvalue weighted by Gasteiger charge is -2.13. The number of benzene rings is 4. The first kappa shape index (κ1) is 30.2. The molecule has 0 aliphatic carbocycles. The van der Waals surface area contributed by atoms with Crippen LogP contribution in [-0.4, -0.2) is 37.7 Å².